The van der Waals surface area contributed by atoms with Gasteiger partial charge in [0.15, 0.2) is 0 Å². The molecule has 0 unspecified atom stereocenters. The molecule has 1 rings (SSSR count). The van der Waals surface area contributed by atoms with Crippen LogP contribution < -0.4 is 21.3 Å². The van der Waals surface area contributed by atoms with Gasteiger partial charge in [0.1, 0.15) is 60.4 Å². The van der Waals surface area contributed by atoms with Crippen molar-refractivity contribution in [2.75, 3.05) is 69.1 Å². The number of hydrogen-bond acceptors (Lipinski definition) is 14. The van der Waals surface area contributed by atoms with Gasteiger partial charge in [-0.05, 0) is 95.3 Å². The minimum absolute atomic E-state index is 0.0199. The topological polar surface area (TPSA) is 308 Å². The van der Waals surface area contributed by atoms with Crippen LogP contribution in [-0.4, -0.2) is 251 Å². The van der Waals surface area contributed by atoms with Crippen LogP contribution in [0.25, 0.3) is 0 Å². The average molecular weight is 1260 g/mol. The number of rotatable bonds is 18. The normalized spacial score (nSPS) is 26.6. The maximum atomic E-state index is 15.2. The van der Waals surface area contributed by atoms with Gasteiger partial charge in [-0.25, -0.2) is 0 Å². The van der Waals surface area contributed by atoms with E-state index in [0.29, 0.717) is 0 Å². The van der Waals surface area contributed by atoms with Gasteiger partial charge in [0.25, 0.3) is 0 Å². The number of nitrogens with one attached hydrogen (secondary N) is 4. The summed E-state index contributed by atoms with van der Waals surface area (Å²) in [6, 6.07) is -13.0. The third kappa shape index (κ3) is 23.1. The van der Waals surface area contributed by atoms with Crippen molar-refractivity contribution in [1.29, 1.82) is 0 Å². The molecule has 25 heteroatoms. The molecule has 508 valence electrons. The second-order valence-electron chi connectivity index (χ2n) is 26.1. The molecule has 1 aliphatic heterocycles. The zero-order valence-electron chi connectivity index (χ0n) is 57.8. The van der Waals surface area contributed by atoms with E-state index in [1.54, 1.807) is 60.6 Å². The van der Waals surface area contributed by atoms with Crippen LogP contribution in [0.2, 0.25) is 0 Å². The van der Waals surface area contributed by atoms with Crippen LogP contribution in [0, 0.1) is 35.5 Å². The largest absolute Gasteiger partial charge is 0.392 e. The third-order valence-electron chi connectivity index (χ3n) is 16.5. The van der Waals surface area contributed by atoms with Gasteiger partial charge in [-0.3, -0.25) is 52.7 Å². The molecule has 13 atom stereocenters. The van der Waals surface area contributed by atoms with Crippen LogP contribution in [0.15, 0.2) is 24.3 Å². The van der Waals surface area contributed by atoms with E-state index in [0.717, 1.165) is 14.7 Å². The predicted octanol–water partition coefficient (Wildman–Crippen LogP) is 2.18. The fraction of sp³-hybridized carbons (Fsp3) is 0.766. The van der Waals surface area contributed by atoms with Gasteiger partial charge >= 0.3 is 0 Å². The average Bonchev–Trinajstić information content (AvgIpc) is 0.987. The van der Waals surface area contributed by atoms with Crippen LogP contribution in [0.3, 0.4) is 0 Å². The SMILES string of the molecule is C/C=C/C[C@@H](C)[C@@H](O)[C@H]1C(=O)N[C@@H](CC)C(=O)N(C)CC(=O)N(C)[C@@H]([C@@H](C)OC/C=C/CO)C(=O)N[C@@H](C(C)C)C(=O)N(C)[C@H](CC(C)C)C(=O)N[C@@H](C)C(=O)N[C@@H](C)C(=O)N(C)[C@@H](CC(C)C)C(=O)N(C)[C@H](CC(C)C)C(=O)N(C)[C@@H](C(C)C)C(=O)N1C. The Hall–Kier alpha value is -6.47. The van der Waals surface area contributed by atoms with Gasteiger partial charge in [-0.15, -0.1) is 0 Å². The van der Waals surface area contributed by atoms with Gasteiger partial charge in [0.2, 0.25) is 65.0 Å². The Kier molecular flexibility index (Phi) is 34.1. The van der Waals surface area contributed by atoms with Crippen LogP contribution in [0.1, 0.15) is 143 Å². The van der Waals surface area contributed by atoms with E-state index in [1.165, 1.54) is 102 Å². The smallest absolute Gasteiger partial charge is 0.246 e. The summed E-state index contributed by atoms with van der Waals surface area (Å²) in [5.41, 5.74) is 0. The highest BCUT2D eigenvalue weighted by molar-refractivity contribution is 5.99. The lowest BCUT2D eigenvalue weighted by molar-refractivity contribution is -0.157. The Balaban J connectivity index is 4.39. The fourth-order valence-corrected chi connectivity index (χ4v) is 10.9. The molecule has 89 heavy (non-hydrogen) atoms. The van der Waals surface area contributed by atoms with Crippen molar-refractivity contribution < 1.29 is 67.7 Å². The molecule has 11 amide bonds. The zero-order chi connectivity index (χ0) is 68.8. The molecule has 1 fully saturated rings. The van der Waals surface area contributed by atoms with Gasteiger partial charge in [0, 0.05) is 49.3 Å². The van der Waals surface area contributed by atoms with E-state index in [4.69, 9.17) is 4.74 Å². The quantitative estimate of drug-likeness (QED) is 0.107. The summed E-state index contributed by atoms with van der Waals surface area (Å²) < 4.78 is 5.98. The lowest BCUT2D eigenvalue weighted by atomic mass is 9.91. The van der Waals surface area contributed by atoms with Gasteiger partial charge in [0.05, 0.1) is 32.0 Å². The summed E-state index contributed by atoms with van der Waals surface area (Å²) in [6.45, 7) is 26.4. The van der Waals surface area contributed by atoms with Crippen LogP contribution in [0.5, 0.6) is 0 Å². The molecule has 25 nitrogen and oxygen atoms in total. The molecule has 0 aliphatic carbocycles. The molecule has 6 N–H and O–H groups in total. The Morgan fingerprint density at radius 2 is 0.978 bits per heavy atom. The third-order valence-corrected chi connectivity index (χ3v) is 16.5. The minimum Gasteiger partial charge on any atom is -0.392 e. The summed E-state index contributed by atoms with van der Waals surface area (Å²) in [5, 5.41) is 32.4. The molecular weight excluding hydrogens is 1150 g/mol. The number of aliphatic hydroxyl groups is 2. The molecule has 1 heterocycles. The Bertz CT molecular complexity index is 2450. The standard InChI is InChI=1S/C64H113N11O14/c1-24-26-29-41(13)54(78)53-58(82)67-45(25-2)60(84)69(17)35-49(77)73(21)52(44(16)89-31-28-27-30-76)57(81)68-50(39(9)10)63(87)70(18)46(32-36(3)4)56(80)65-42(14)55(79)66-43(15)59(83)71(19)47(33-37(5)6)61(85)72(20)48(34-38(7)8)62(86)74(22)51(40(11)12)64(88)75(53)23/h24,26-28,36-48,50-54,76,78H,25,29-35H2,1-23H3,(H,65,80)(H,66,79)(H,67,82)(H,68,81)/b26-24+,28-27+/t41-,42+,43+,44-,45+,46-,47+,48-,50+,51+,52+,53+,54-/m1/s1. The van der Waals surface area contributed by atoms with E-state index < -0.39 is 162 Å². The Morgan fingerprint density at radius 3 is 1.46 bits per heavy atom. The summed E-state index contributed by atoms with van der Waals surface area (Å²) >= 11 is 0. The molecule has 0 radical (unpaired) electrons. The number of likely N-dealkylation sites (N-methyl/N-ethyl adjacent to an activating group) is 7. The van der Waals surface area contributed by atoms with Crippen molar-refractivity contribution in [1.82, 2.24) is 55.6 Å². The molecule has 0 aromatic rings. The minimum atomic E-state index is -1.64. The summed E-state index contributed by atoms with van der Waals surface area (Å²) in [5.74, 6) is -10.4. The van der Waals surface area contributed by atoms with Crippen molar-refractivity contribution in [2.24, 2.45) is 35.5 Å². The molecule has 0 aromatic carbocycles. The maximum absolute atomic E-state index is 15.2. The number of carbonyl (C=O) groups excluding carboxylic acids is 11. The molecular formula is C64H113N11O14. The van der Waals surface area contributed by atoms with Crippen molar-refractivity contribution in [3.8, 4) is 0 Å². The van der Waals surface area contributed by atoms with E-state index >= 15 is 9.59 Å². The molecule has 0 spiro atoms. The number of nitrogens with zero attached hydrogens (tertiary/aromatic N) is 7. The summed E-state index contributed by atoms with van der Waals surface area (Å²) in [6.07, 6.45) is 4.55. The summed E-state index contributed by atoms with van der Waals surface area (Å²) in [4.78, 5) is 169. The molecule has 0 aromatic heterocycles. The first-order valence-electron chi connectivity index (χ1n) is 31.5. The highest BCUT2D eigenvalue weighted by Crippen LogP contribution is 2.26. The highest BCUT2D eigenvalue weighted by Gasteiger charge is 2.46. The van der Waals surface area contributed by atoms with Crippen LogP contribution >= 0.6 is 0 Å². The molecule has 1 aliphatic rings. The van der Waals surface area contributed by atoms with E-state index in [-0.39, 0.29) is 63.1 Å². The van der Waals surface area contributed by atoms with E-state index in [2.05, 4.69) is 21.3 Å². The highest BCUT2D eigenvalue weighted by atomic mass is 16.5. The zero-order valence-corrected chi connectivity index (χ0v) is 57.8. The summed E-state index contributed by atoms with van der Waals surface area (Å²) in [7, 11) is 9.69. The second kappa shape index (κ2) is 37.6. The van der Waals surface area contributed by atoms with Gasteiger partial charge < -0.3 is 70.5 Å². The molecule has 0 bridgehead atoms. The number of ether oxygens (including phenoxy) is 1. The number of hydrogen-bond donors (Lipinski definition) is 6. The van der Waals surface area contributed by atoms with Crippen molar-refractivity contribution >= 4 is 65.0 Å². The number of allylic oxidation sites excluding steroid dienone is 2. The van der Waals surface area contributed by atoms with Gasteiger partial charge in [-0.1, -0.05) is 107 Å². The monoisotopic (exact) mass is 1260 g/mol. The predicted molar refractivity (Wildman–Crippen MR) is 341 cm³/mol. The first-order chi connectivity index (χ1) is 41.3. The number of carbonyl (C=O) groups is 11. The van der Waals surface area contributed by atoms with Crippen molar-refractivity contribution in [3.63, 3.8) is 0 Å². The first kappa shape index (κ1) is 80.5. The van der Waals surface area contributed by atoms with Crippen molar-refractivity contribution in [2.45, 2.75) is 216 Å². The Morgan fingerprint density at radius 1 is 0.506 bits per heavy atom. The van der Waals surface area contributed by atoms with Crippen LogP contribution in [0.4, 0.5) is 0 Å². The second-order valence-corrected chi connectivity index (χ2v) is 26.1. The lowest BCUT2D eigenvalue weighted by Crippen LogP contribution is -2.63. The molecule has 1 saturated heterocycles. The fourth-order valence-electron chi connectivity index (χ4n) is 10.9. The Labute approximate surface area is 530 Å². The van der Waals surface area contributed by atoms with Crippen LogP contribution in [-0.2, 0) is 57.5 Å². The number of amides is 11. The van der Waals surface area contributed by atoms with Crippen molar-refractivity contribution in [3.05, 3.63) is 24.3 Å². The number of aliphatic hydroxyl groups excluding tert-OH is 2. The van der Waals surface area contributed by atoms with E-state index in [1.807, 2.05) is 41.5 Å². The lowest BCUT2D eigenvalue weighted by Gasteiger charge is -2.41. The van der Waals surface area contributed by atoms with E-state index in [9.17, 15) is 53.4 Å². The first-order valence-corrected chi connectivity index (χ1v) is 31.5. The maximum Gasteiger partial charge on any atom is 0.246 e. The molecule has 0 saturated carbocycles. The van der Waals surface area contributed by atoms with Gasteiger partial charge in [-0.2, -0.15) is 0 Å².